The maximum Gasteiger partial charge on any atom is 0.285 e. The van der Waals surface area contributed by atoms with Crippen molar-refractivity contribution in [2.24, 2.45) is 4.40 Å². The quantitative estimate of drug-likeness (QED) is 0.0678. The van der Waals surface area contributed by atoms with Crippen LogP contribution in [0.4, 0.5) is 0 Å². The molecule has 0 spiro atoms. The Morgan fingerprint density at radius 1 is 0.950 bits per heavy atom. The molecular formula is C27H25Br2ClN2O6S2. The number of hydrogen-bond acceptors (Lipinski definition) is 6. The van der Waals surface area contributed by atoms with Gasteiger partial charge in [0.25, 0.3) is 10.0 Å². The van der Waals surface area contributed by atoms with Crippen molar-refractivity contribution < 1.29 is 26.4 Å². The molecule has 1 aliphatic rings. The Morgan fingerprint density at radius 3 is 1.95 bits per heavy atom. The highest BCUT2D eigenvalue weighted by Crippen LogP contribution is 2.56. The third-order valence-electron chi connectivity index (χ3n) is 6.23. The van der Waals surface area contributed by atoms with E-state index in [1.54, 1.807) is 31.2 Å². The first-order chi connectivity index (χ1) is 18.7. The van der Waals surface area contributed by atoms with Gasteiger partial charge in [0, 0.05) is 10.6 Å². The van der Waals surface area contributed by atoms with Gasteiger partial charge in [-0.25, -0.2) is 8.42 Å². The van der Waals surface area contributed by atoms with Gasteiger partial charge in [0.15, 0.2) is 10.2 Å². The smallest absolute Gasteiger partial charge is 0.285 e. The van der Waals surface area contributed by atoms with Crippen molar-refractivity contribution in [2.75, 3.05) is 6.61 Å². The molecule has 8 nitrogen and oxygen atoms in total. The van der Waals surface area contributed by atoms with E-state index in [1.165, 1.54) is 48.5 Å². The molecule has 40 heavy (non-hydrogen) atoms. The number of ketones is 1. The summed E-state index contributed by atoms with van der Waals surface area (Å²) in [7, 11) is -8.47. The lowest BCUT2D eigenvalue weighted by Gasteiger charge is -2.14. The number of halogens is 3. The number of aryl methyl sites for hydroxylation is 2. The summed E-state index contributed by atoms with van der Waals surface area (Å²) < 4.78 is 62.7. The summed E-state index contributed by atoms with van der Waals surface area (Å²) in [5.41, 5.74) is 1.93. The zero-order valence-electron chi connectivity index (χ0n) is 21.6. The summed E-state index contributed by atoms with van der Waals surface area (Å²) >= 11 is 12.8. The predicted molar refractivity (Wildman–Crippen MR) is 162 cm³/mol. The number of hydrogen-bond donors (Lipinski definition) is 0. The van der Waals surface area contributed by atoms with E-state index < -0.39 is 41.1 Å². The fourth-order valence-corrected chi connectivity index (χ4v) is 10.00. The summed E-state index contributed by atoms with van der Waals surface area (Å²) in [6.45, 7) is 5.33. The van der Waals surface area contributed by atoms with Gasteiger partial charge in [0.1, 0.15) is 4.83 Å². The number of Topliss-reactive ketones (excluding diaryl/α,β-unsaturated/α-hetero) is 1. The molecule has 1 heterocycles. The second kappa shape index (κ2) is 11.7. The zero-order valence-corrected chi connectivity index (χ0v) is 27.1. The van der Waals surface area contributed by atoms with Crippen LogP contribution < -0.4 is 0 Å². The highest BCUT2D eigenvalue weighted by molar-refractivity contribution is 9.11. The Kier molecular flexibility index (Phi) is 8.99. The van der Waals surface area contributed by atoms with Crippen molar-refractivity contribution >= 4 is 75.2 Å². The van der Waals surface area contributed by atoms with Crippen LogP contribution in [0.2, 0.25) is 5.02 Å². The van der Waals surface area contributed by atoms with Crippen molar-refractivity contribution in [3.63, 3.8) is 0 Å². The van der Waals surface area contributed by atoms with Crippen LogP contribution in [-0.2, 0) is 24.8 Å². The maximum atomic E-state index is 13.8. The lowest BCUT2D eigenvalue weighted by Crippen LogP contribution is -2.31. The molecule has 0 radical (unpaired) electrons. The molecule has 0 N–H and O–H groups in total. The zero-order chi connectivity index (χ0) is 29.5. The second-order valence-corrected chi connectivity index (χ2v) is 15.2. The number of carbonyl (C=O) groups excluding carboxylic acids is 1. The lowest BCUT2D eigenvalue weighted by molar-refractivity contribution is 0.0971. The summed E-state index contributed by atoms with van der Waals surface area (Å²) in [6.07, 6.45) is 0. The third-order valence-corrected chi connectivity index (χ3v) is 12.0. The summed E-state index contributed by atoms with van der Waals surface area (Å²) in [6, 6.07) is 17.2. The molecule has 4 rings (SSSR count). The molecule has 4 atom stereocenters. The van der Waals surface area contributed by atoms with E-state index >= 15 is 0 Å². The van der Waals surface area contributed by atoms with Crippen LogP contribution in [0.3, 0.4) is 0 Å². The molecule has 3 aromatic rings. The molecule has 1 fully saturated rings. The number of alkyl halides is 2. The fraction of sp³-hybridized carbons (Fsp3) is 0.259. The molecule has 1 saturated heterocycles. The van der Waals surface area contributed by atoms with Gasteiger partial charge in [-0.3, -0.25) is 4.79 Å². The van der Waals surface area contributed by atoms with E-state index in [0.717, 1.165) is 15.4 Å². The molecule has 1 aliphatic heterocycles. The molecule has 3 aromatic carbocycles. The number of carbonyl (C=O) groups is 1. The van der Waals surface area contributed by atoms with Crippen LogP contribution in [-0.4, -0.2) is 54.7 Å². The minimum atomic E-state index is -4.25. The van der Waals surface area contributed by atoms with Gasteiger partial charge in [-0.2, -0.15) is 12.7 Å². The van der Waals surface area contributed by atoms with Crippen molar-refractivity contribution in [1.82, 2.24) is 4.31 Å². The van der Waals surface area contributed by atoms with Crippen molar-refractivity contribution in [1.29, 1.82) is 0 Å². The summed E-state index contributed by atoms with van der Waals surface area (Å²) in [5, 5.41) is 0.405. The Labute approximate surface area is 255 Å². The highest BCUT2D eigenvalue weighted by Gasteiger charge is 2.74. The summed E-state index contributed by atoms with van der Waals surface area (Å²) in [5.74, 6) is -0.853. The van der Waals surface area contributed by atoms with Gasteiger partial charge in [-0.15, -0.1) is 4.40 Å². The van der Waals surface area contributed by atoms with E-state index in [0.29, 0.717) is 5.02 Å². The lowest BCUT2D eigenvalue weighted by atomic mass is 10.1. The fourth-order valence-electron chi connectivity index (χ4n) is 4.09. The topological polar surface area (TPSA) is 110 Å². The second-order valence-electron chi connectivity index (χ2n) is 9.12. The Hall–Kier alpha value is -2.09. The normalized spacial score (nSPS) is 22.0. The molecular weight excluding hydrogens is 708 g/mol. The van der Waals surface area contributed by atoms with Crippen LogP contribution in [0.25, 0.3) is 0 Å². The first-order valence-corrected chi connectivity index (χ1v) is 17.0. The van der Waals surface area contributed by atoms with E-state index in [2.05, 4.69) is 36.3 Å². The molecule has 1 unspecified atom stereocenters. The molecule has 0 aliphatic carbocycles. The summed E-state index contributed by atoms with van der Waals surface area (Å²) in [4.78, 5) is 12.6. The number of sulfonamides is 2. The predicted octanol–water partition coefficient (Wildman–Crippen LogP) is 5.89. The molecule has 212 valence electrons. The van der Waals surface area contributed by atoms with Gasteiger partial charge >= 0.3 is 0 Å². The van der Waals surface area contributed by atoms with Crippen molar-refractivity contribution in [2.45, 2.75) is 45.9 Å². The average Bonchev–Trinajstić information content (AvgIpc) is 3.56. The van der Waals surface area contributed by atoms with Crippen molar-refractivity contribution in [3.05, 3.63) is 94.5 Å². The van der Waals surface area contributed by atoms with Crippen LogP contribution in [0.5, 0.6) is 0 Å². The first kappa shape index (κ1) is 30.9. The number of benzene rings is 3. The molecule has 0 bridgehead atoms. The number of ether oxygens (including phenoxy) is 1. The monoisotopic (exact) mass is 730 g/mol. The van der Waals surface area contributed by atoms with Gasteiger partial charge < -0.3 is 4.74 Å². The Morgan fingerprint density at radius 2 is 1.45 bits per heavy atom. The van der Waals surface area contributed by atoms with E-state index in [-0.39, 0.29) is 27.9 Å². The first-order valence-electron chi connectivity index (χ1n) is 12.0. The maximum absolute atomic E-state index is 13.8. The average molecular weight is 733 g/mol. The van der Waals surface area contributed by atoms with Gasteiger partial charge in [-0.05, 0) is 69.3 Å². The highest BCUT2D eigenvalue weighted by atomic mass is 79.9. The van der Waals surface area contributed by atoms with E-state index in [4.69, 9.17) is 16.3 Å². The largest absolute Gasteiger partial charge is 0.480 e. The Bertz CT molecular complexity index is 1660. The van der Waals surface area contributed by atoms with E-state index in [1.807, 2.05) is 13.8 Å². The van der Waals surface area contributed by atoms with Gasteiger partial charge in [0.2, 0.25) is 15.9 Å². The van der Waals surface area contributed by atoms with Crippen LogP contribution in [0, 0.1) is 13.8 Å². The van der Waals surface area contributed by atoms with E-state index in [9.17, 15) is 21.6 Å². The number of rotatable bonds is 9. The van der Waals surface area contributed by atoms with Crippen molar-refractivity contribution in [3.8, 4) is 0 Å². The SMILES string of the molecule is CCO/C(=N/S(=O)(=O)c1ccc(C)cc1)[C@@H](Br)[C@@H]1N(S(=O)(=O)c2ccc(C)cc2)[C@@]1(Br)C(=O)c1ccc(Cl)cc1. The molecule has 0 aromatic heterocycles. The molecule has 0 amide bonds. The van der Waals surface area contributed by atoms with Gasteiger partial charge in [0.05, 0.1) is 22.4 Å². The Balaban J connectivity index is 1.81. The van der Waals surface area contributed by atoms with Gasteiger partial charge in [-0.1, -0.05) is 78.9 Å². The number of nitrogens with zero attached hydrogens (tertiary/aromatic N) is 2. The molecule has 13 heteroatoms. The molecule has 0 saturated carbocycles. The minimum absolute atomic E-state index is 0.0322. The standard InChI is InChI=1S/C27H25Br2ClN2O6S2/c1-4-38-26(31-39(34,35)21-13-5-17(2)6-14-21)23(28)24-27(29,25(33)19-9-11-20(30)12-10-19)32(24)40(36,37)22-15-7-18(3)8-16-22/h5-16,23-24H,4H2,1-3H3/b31-26+/t23-,24-,27+,32?/m0/s1. The minimum Gasteiger partial charge on any atom is -0.480 e. The van der Waals surface area contributed by atoms with Crippen LogP contribution in [0.15, 0.2) is 87.0 Å². The van der Waals surface area contributed by atoms with Crippen LogP contribution in [0.1, 0.15) is 28.4 Å². The van der Waals surface area contributed by atoms with Crippen LogP contribution >= 0.6 is 43.5 Å². The third kappa shape index (κ3) is 5.93.